The fourth-order valence-electron chi connectivity index (χ4n) is 1.02. The number of hydrogen-bond donors (Lipinski definition) is 1. The number of benzene rings is 1. The summed E-state index contributed by atoms with van der Waals surface area (Å²) in [6.07, 6.45) is 3.07. The Morgan fingerprint density at radius 1 is 1.33 bits per heavy atom. The lowest BCUT2D eigenvalue weighted by molar-refractivity contribution is -0.454. The van der Waals surface area contributed by atoms with Crippen LogP contribution in [0.25, 0.3) is 6.08 Å². The highest BCUT2D eigenvalue weighted by Crippen LogP contribution is 2.18. The van der Waals surface area contributed by atoms with Gasteiger partial charge in [0, 0.05) is 5.56 Å². The molecule has 0 fully saturated rings. The molecule has 0 spiro atoms. The third kappa shape index (κ3) is 1.14. The first kappa shape index (κ1) is 6.84. The first-order chi connectivity index (χ1) is 5.86. The van der Waals surface area contributed by atoms with Crippen LogP contribution in [0.4, 0.5) is 5.69 Å². The molecule has 1 aromatic carbocycles. The van der Waals surface area contributed by atoms with Crippen molar-refractivity contribution in [2.45, 2.75) is 0 Å². The maximum absolute atomic E-state index is 10.8. The van der Waals surface area contributed by atoms with Crippen molar-refractivity contribution in [3.63, 3.8) is 0 Å². The van der Waals surface area contributed by atoms with Crippen LogP contribution in [0.1, 0.15) is 5.56 Å². The van der Waals surface area contributed by atoms with Gasteiger partial charge in [0.1, 0.15) is 6.20 Å². The number of nitrogens with one attached hydrogen (secondary N) is 1. The Kier molecular flexibility index (Phi) is 1.51. The highest BCUT2D eigenvalue weighted by molar-refractivity contribution is 5.65. The lowest BCUT2D eigenvalue weighted by Gasteiger charge is -1.95. The largest absolute Gasteiger partial charge is 0.691 e. The molecular weight excluding hydrogens is 154 g/mol. The SMILES string of the molecule is [O-][N+]1=NNc2ccccc2C=C1. The Labute approximate surface area is 69.4 Å². The Bertz CT molecular complexity index is 357. The van der Waals surface area contributed by atoms with E-state index in [0.29, 0.717) is 4.86 Å². The average molecular weight is 161 g/mol. The maximum atomic E-state index is 10.8. The summed E-state index contributed by atoms with van der Waals surface area (Å²) in [7, 11) is 0. The third-order valence-electron chi connectivity index (χ3n) is 1.61. The van der Waals surface area contributed by atoms with E-state index in [4.69, 9.17) is 0 Å². The topological polar surface area (TPSA) is 50.5 Å². The van der Waals surface area contributed by atoms with Crippen molar-refractivity contribution in [2.75, 3.05) is 5.43 Å². The minimum absolute atomic E-state index is 0.486. The van der Waals surface area contributed by atoms with Crippen LogP contribution < -0.4 is 5.43 Å². The van der Waals surface area contributed by atoms with Gasteiger partial charge in [0.2, 0.25) is 0 Å². The van der Waals surface area contributed by atoms with Crippen LogP contribution in [0.3, 0.4) is 0 Å². The van der Waals surface area contributed by atoms with Crippen LogP contribution in [-0.4, -0.2) is 4.86 Å². The molecule has 0 bridgehead atoms. The van der Waals surface area contributed by atoms with E-state index >= 15 is 0 Å². The van der Waals surface area contributed by atoms with Crippen molar-refractivity contribution in [3.8, 4) is 0 Å². The highest BCUT2D eigenvalue weighted by atomic mass is 16.5. The first-order valence-corrected chi connectivity index (χ1v) is 3.56. The monoisotopic (exact) mass is 161 g/mol. The van der Waals surface area contributed by atoms with Gasteiger partial charge in [-0.15, -0.1) is 10.3 Å². The van der Waals surface area contributed by atoms with Gasteiger partial charge in [-0.25, -0.2) is 0 Å². The molecule has 0 unspecified atom stereocenters. The van der Waals surface area contributed by atoms with E-state index in [1.54, 1.807) is 6.08 Å². The van der Waals surface area contributed by atoms with E-state index in [9.17, 15) is 5.21 Å². The number of hydrogen-bond acceptors (Lipinski definition) is 3. The minimum atomic E-state index is 0.486. The molecule has 0 saturated carbocycles. The number of anilines is 1. The van der Waals surface area contributed by atoms with Gasteiger partial charge in [-0.3, -0.25) is 0 Å². The predicted molar refractivity (Wildman–Crippen MR) is 45.2 cm³/mol. The van der Waals surface area contributed by atoms with Gasteiger partial charge >= 0.3 is 0 Å². The van der Waals surface area contributed by atoms with Crippen LogP contribution in [0, 0.1) is 5.21 Å². The normalized spacial score (nSPS) is 14.2. The van der Waals surface area contributed by atoms with Gasteiger partial charge in [-0.1, -0.05) is 18.2 Å². The third-order valence-corrected chi connectivity index (χ3v) is 1.61. The van der Waals surface area contributed by atoms with Crippen molar-refractivity contribution in [2.24, 2.45) is 5.22 Å². The zero-order chi connectivity index (χ0) is 8.39. The molecule has 1 aromatic rings. The summed E-state index contributed by atoms with van der Waals surface area (Å²) in [4.78, 5) is 0.486. The van der Waals surface area contributed by atoms with E-state index in [0.717, 1.165) is 11.3 Å². The second-order valence-corrected chi connectivity index (χ2v) is 2.42. The summed E-state index contributed by atoms with van der Waals surface area (Å²) in [5.41, 5.74) is 4.45. The number of hydroxylamine groups is 1. The molecule has 0 radical (unpaired) electrons. The van der Waals surface area contributed by atoms with Gasteiger partial charge in [0.15, 0.2) is 5.69 Å². The van der Waals surface area contributed by atoms with E-state index in [1.807, 2.05) is 24.3 Å². The molecular formula is C8H7N3O. The van der Waals surface area contributed by atoms with Crippen molar-refractivity contribution >= 4 is 11.8 Å². The highest BCUT2D eigenvalue weighted by Gasteiger charge is 2.04. The minimum Gasteiger partial charge on any atom is -0.691 e. The molecule has 60 valence electrons. The zero-order valence-corrected chi connectivity index (χ0v) is 6.27. The average Bonchev–Trinajstić information content (AvgIpc) is 2.29. The fraction of sp³-hybridized carbons (Fsp3) is 0. The van der Waals surface area contributed by atoms with Crippen LogP contribution >= 0.6 is 0 Å². The molecule has 1 heterocycles. The second-order valence-electron chi connectivity index (χ2n) is 2.42. The van der Waals surface area contributed by atoms with Gasteiger partial charge < -0.3 is 5.21 Å². The standard InChI is InChI=1S/C8H7N3O/c12-11-6-5-7-3-1-2-4-8(7)9-10-11/h1-6,9H. The molecule has 1 aliphatic rings. The molecule has 2 rings (SSSR count). The van der Waals surface area contributed by atoms with Crippen LogP contribution in [-0.2, 0) is 0 Å². The van der Waals surface area contributed by atoms with E-state index < -0.39 is 0 Å². The summed E-state index contributed by atoms with van der Waals surface area (Å²) in [6.45, 7) is 0. The number of rotatable bonds is 0. The molecule has 0 aliphatic carbocycles. The molecule has 0 atom stereocenters. The smallest absolute Gasteiger partial charge is 0.154 e. The quantitative estimate of drug-likeness (QED) is 0.467. The summed E-state index contributed by atoms with van der Waals surface area (Å²) in [6, 6.07) is 7.57. The van der Waals surface area contributed by atoms with Crippen molar-refractivity contribution in [1.29, 1.82) is 0 Å². The van der Waals surface area contributed by atoms with Crippen LogP contribution in [0.2, 0.25) is 0 Å². The molecule has 1 aliphatic heterocycles. The Morgan fingerprint density at radius 2 is 2.17 bits per heavy atom. The fourth-order valence-corrected chi connectivity index (χ4v) is 1.02. The van der Waals surface area contributed by atoms with E-state index in [2.05, 4.69) is 10.6 Å². The Morgan fingerprint density at radius 3 is 3.08 bits per heavy atom. The van der Waals surface area contributed by atoms with Gasteiger partial charge in [-0.2, -0.15) is 0 Å². The van der Waals surface area contributed by atoms with Crippen LogP contribution in [0.15, 0.2) is 35.7 Å². The maximum Gasteiger partial charge on any atom is 0.154 e. The van der Waals surface area contributed by atoms with Crippen molar-refractivity contribution < 1.29 is 4.86 Å². The molecule has 0 amide bonds. The van der Waals surface area contributed by atoms with E-state index in [-0.39, 0.29) is 0 Å². The summed E-state index contributed by atoms with van der Waals surface area (Å²) in [5, 5.41) is 14.3. The molecule has 12 heavy (non-hydrogen) atoms. The molecule has 0 aromatic heterocycles. The number of para-hydroxylation sites is 1. The summed E-state index contributed by atoms with van der Waals surface area (Å²) >= 11 is 0. The molecule has 4 nitrogen and oxygen atoms in total. The van der Waals surface area contributed by atoms with Gasteiger partial charge in [-0.05, 0) is 12.1 Å². The van der Waals surface area contributed by atoms with E-state index in [1.165, 1.54) is 6.20 Å². The summed E-state index contributed by atoms with van der Waals surface area (Å²) in [5.74, 6) is 0. The lowest BCUT2D eigenvalue weighted by atomic mass is 10.2. The Balaban J connectivity index is 2.48. The van der Waals surface area contributed by atoms with Crippen molar-refractivity contribution in [3.05, 3.63) is 41.2 Å². The van der Waals surface area contributed by atoms with Crippen molar-refractivity contribution in [1.82, 2.24) is 0 Å². The molecule has 1 N–H and O–H groups in total. The lowest BCUT2D eigenvalue weighted by Crippen LogP contribution is -1.93. The zero-order valence-electron chi connectivity index (χ0n) is 6.27. The molecule has 4 heteroatoms. The second kappa shape index (κ2) is 2.65. The Hall–Kier alpha value is -1.84. The van der Waals surface area contributed by atoms with Gasteiger partial charge in [0.25, 0.3) is 0 Å². The van der Waals surface area contributed by atoms with Gasteiger partial charge in [0.05, 0.1) is 5.22 Å². The number of nitrogens with zero attached hydrogens (tertiary/aromatic N) is 2. The first-order valence-electron chi connectivity index (χ1n) is 3.56. The predicted octanol–water partition coefficient (Wildman–Crippen LogP) is 1.96. The number of fused-ring (bicyclic) bond motifs is 1. The summed E-state index contributed by atoms with van der Waals surface area (Å²) < 4.78 is 0. The van der Waals surface area contributed by atoms with Crippen LogP contribution in [0.5, 0.6) is 0 Å². The molecule has 0 saturated heterocycles.